The molecule has 0 saturated carbocycles. The van der Waals surface area contributed by atoms with E-state index in [9.17, 15) is 0 Å². The van der Waals surface area contributed by atoms with Crippen molar-refractivity contribution in [2.45, 2.75) is 40.4 Å². The van der Waals surface area contributed by atoms with Crippen LogP contribution in [0.2, 0.25) is 0 Å². The number of hydrogen-bond donors (Lipinski definition) is 1. The number of aryl methyl sites for hydroxylation is 4. The number of rotatable bonds is 6. The van der Waals surface area contributed by atoms with Gasteiger partial charge in [-0.15, -0.1) is 5.10 Å². The van der Waals surface area contributed by atoms with Gasteiger partial charge in [0.1, 0.15) is 11.6 Å². The van der Waals surface area contributed by atoms with Gasteiger partial charge in [0.2, 0.25) is 0 Å². The minimum atomic E-state index is 0.753. The predicted molar refractivity (Wildman–Crippen MR) is 66.9 cm³/mol. The lowest BCUT2D eigenvalue weighted by Crippen LogP contribution is -2.12. The van der Waals surface area contributed by atoms with E-state index in [1.54, 1.807) is 0 Å². The molecule has 18 heavy (non-hydrogen) atoms. The summed E-state index contributed by atoms with van der Waals surface area (Å²) < 4.78 is 3.73. The zero-order valence-electron chi connectivity index (χ0n) is 11.1. The molecule has 0 amide bonds. The maximum absolute atomic E-state index is 4.31. The fourth-order valence-corrected chi connectivity index (χ4v) is 1.75. The third-order valence-corrected chi connectivity index (χ3v) is 2.65. The van der Waals surface area contributed by atoms with Crippen LogP contribution in [0.5, 0.6) is 0 Å². The van der Waals surface area contributed by atoms with Gasteiger partial charge in [0.05, 0.1) is 18.8 Å². The van der Waals surface area contributed by atoms with Gasteiger partial charge in [0.15, 0.2) is 0 Å². The van der Waals surface area contributed by atoms with Crippen LogP contribution in [-0.2, 0) is 19.6 Å². The second-order valence-electron chi connectivity index (χ2n) is 4.18. The molecule has 0 bridgehead atoms. The summed E-state index contributed by atoms with van der Waals surface area (Å²) in [5.74, 6) is 1.74. The van der Waals surface area contributed by atoms with Crippen molar-refractivity contribution in [3.8, 4) is 0 Å². The third kappa shape index (κ3) is 3.13. The van der Waals surface area contributed by atoms with Crippen LogP contribution < -0.4 is 5.32 Å². The standard InChI is InChI=1S/C11H19N7/c1-4-12-7-11-8-17(16-14-11)5-6-18-10(3)13-9(2)15-18/h8,12H,4-7H2,1-3H3. The van der Waals surface area contributed by atoms with Crippen molar-refractivity contribution in [2.75, 3.05) is 6.54 Å². The normalized spacial score (nSPS) is 11.1. The highest BCUT2D eigenvalue weighted by atomic mass is 15.4. The van der Waals surface area contributed by atoms with Gasteiger partial charge in [0.25, 0.3) is 0 Å². The van der Waals surface area contributed by atoms with E-state index in [-0.39, 0.29) is 0 Å². The predicted octanol–water partition coefficient (Wildman–Crippen LogP) is 0.296. The molecule has 98 valence electrons. The maximum atomic E-state index is 4.31. The first-order valence-corrected chi connectivity index (χ1v) is 6.17. The molecule has 2 aromatic heterocycles. The average Bonchev–Trinajstić information content (AvgIpc) is 2.91. The molecule has 7 nitrogen and oxygen atoms in total. The molecule has 0 atom stereocenters. The SMILES string of the molecule is CCNCc1cn(CCn2nc(C)nc2C)nn1. The van der Waals surface area contributed by atoms with Crippen LogP contribution in [0.25, 0.3) is 0 Å². The monoisotopic (exact) mass is 249 g/mol. The summed E-state index contributed by atoms with van der Waals surface area (Å²) in [4.78, 5) is 4.27. The largest absolute Gasteiger partial charge is 0.311 e. The van der Waals surface area contributed by atoms with Gasteiger partial charge < -0.3 is 5.32 Å². The highest BCUT2D eigenvalue weighted by Gasteiger charge is 2.04. The van der Waals surface area contributed by atoms with E-state index in [2.05, 4.69) is 32.6 Å². The van der Waals surface area contributed by atoms with Crippen molar-refractivity contribution in [3.05, 3.63) is 23.5 Å². The Morgan fingerprint density at radius 1 is 1.28 bits per heavy atom. The van der Waals surface area contributed by atoms with Crippen LogP contribution in [0.1, 0.15) is 24.3 Å². The highest BCUT2D eigenvalue weighted by Crippen LogP contribution is 1.98. The minimum absolute atomic E-state index is 0.753. The first kappa shape index (κ1) is 12.7. The molecule has 0 radical (unpaired) electrons. The molecule has 0 fully saturated rings. The lowest BCUT2D eigenvalue weighted by molar-refractivity contribution is 0.480. The van der Waals surface area contributed by atoms with E-state index in [0.717, 1.165) is 43.5 Å². The molecule has 0 aliphatic rings. The van der Waals surface area contributed by atoms with Crippen molar-refractivity contribution in [1.82, 2.24) is 35.1 Å². The van der Waals surface area contributed by atoms with Crippen molar-refractivity contribution >= 4 is 0 Å². The number of nitrogens with one attached hydrogen (secondary N) is 1. The molecule has 7 heteroatoms. The summed E-state index contributed by atoms with van der Waals surface area (Å²) >= 11 is 0. The third-order valence-electron chi connectivity index (χ3n) is 2.65. The molecule has 1 N–H and O–H groups in total. The molecule has 0 saturated heterocycles. The Kier molecular flexibility index (Phi) is 4.03. The van der Waals surface area contributed by atoms with Crippen LogP contribution in [0.15, 0.2) is 6.20 Å². The smallest absolute Gasteiger partial charge is 0.147 e. The molecule has 0 aromatic carbocycles. The first-order chi connectivity index (χ1) is 8.69. The molecule has 2 heterocycles. The van der Waals surface area contributed by atoms with Gasteiger partial charge in [-0.05, 0) is 20.4 Å². The first-order valence-electron chi connectivity index (χ1n) is 6.17. The Hall–Kier alpha value is -1.76. The Morgan fingerprint density at radius 3 is 2.78 bits per heavy atom. The van der Waals surface area contributed by atoms with Crippen molar-refractivity contribution in [3.63, 3.8) is 0 Å². The van der Waals surface area contributed by atoms with Gasteiger partial charge in [0, 0.05) is 12.7 Å². The lowest BCUT2D eigenvalue weighted by atomic mass is 10.4. The van der Waals surface area contributed by atoms with Crippen LogP contribution in [0.4, 0.5) is 0 Å². The molecule has 0 aliphatic carbocycles. The summed E-state index contributed by atoms with van der Waals surface area (Å²) in [6, 6.07) is 0. The molecule has 2 aromatic rings. The van der Waals surface area contributed by atoms with E-state index < -0.39 is 0 Å². The van der Waals surface area contributed by atoms with Gasteiger partial charge in [-0.1, -0.05) is 12.1 Å². The molecular weight excluding hydrogens is 230 g/mol. The maximum Gasteiger partial charge on any atom is 0.147 e. The second kappa shape index (κ2) is 5.72. The van der Waals surface area contributed by atoms with E-state index in [1.807, 2.05) is 29.4 Å². The Morgan fingerprint density at radius 2 is 2.11 bits per heavy atom. The van der Waals surface area contributed by atoms with Crippen LogP contribution in [0, 0.1) is 13.8 Å². The number of aromatic nitrogens is 6. The average molecular weight is 249 g/mol. The Bertz CT molecular complexity index is 499. The zero-order chi connectivity index (χ0) is 13.0. The summed E-state index contributed by atoms with van der Waals surface area (Å²) in [6.07, 6.45) is 1.96. The quantitative estimate of drug-likeness (QED) is 0.797. The number of nitrogens with zero attached hydrogens (tertiary/aromatic N) is 6. The lowest BCUT2D eigenvalue weighted by Gasteiger charge is -2.02. The van der Waals surface area contributed by atoms with Crippen molar-refractivity contribution < 1.29 is 0 Å². The Balaban J connectivity index is 1.90. The summed E-state index contributed by atoms with van der Waals surface area (Å²) in [6.45, 7) is 9.13. The van der Waals surface area contributed by atoms with Crippen LogP contribution >= 0.6 is 0 Å². The molecule has 0 aliphatic heterocycles. The van der Waals surface area contributed by atoms with Gasteiger partial charge in [-0.3, -0.25) is 4.68 Å². The Labute approximate surface area is 106 Å². The summed E-state index contributed by atoms with van der Waals surface area (Å²) in [7, 11) is 0. The molecule has 0 unspecified atom stereocenters. The highest BCUT2D eigenvalue weighted by molar-refractivity contribution is 4.91. The van der Waals surface area contributed by atoms with Crippen LogP contribution in [-0.4, -0.2) is 36.3 Å². The molecule has 0 spiro atoms. The number of hydrogen-bond acceptors (Lipinski definition) is 5. The fourth-order valence-electron chi connectivity index (χ4n) is 1.75. The zero-order valence-corrected chi connectivity index (χ0v) is 11.1. The van der Waals surface area contributed by atoms with Crippen molar-refractivity contribution in [2.24, 2.45) is 0 Å². The van der Waals surface area contributed by atoms with Crippen molar-refractivity contribution in [1.29, 1.82) is 0 Å². The molecule has 2 rings (SSSR count). The molecular formula is C11H19N7. The minimum Gasteiger partial charge on any atom is -0.311 e. The fraction of sp³-hybridized carbons (Fsp3) is 0.636. The summed E-state index contributed by atoms with van der Waals surface area (Å²) in [5, 5.41) is 15.7. The van der Waals surface area contributed by atoms with E-state index in [0.29, 0.717) is 0 Å². The van der Waals surface area contributed by atoms with E-state index >= 15 is 0 Å². The second-order valence-corrected chi connectivity index (χ2v) is 4.18. The topological polar surface area (TPSA) is 73.5 Å². The summed E-state index contributed by atoms with van der Waals surface area (Å²) in [5.41, 5.74) is 0.961. The van der Waals surface area contributed by atoms with Gasteiger partial charge >= 0.3 is 0 Å². The van der Waals surface area contributed by atoms with Gasteiger partial charge in [-0.2, -0.15) is 5.10 Å². The van der Waals surface area contributed by atoms with E-state index in [4.69, 9.17) is 0 Å². The van der Waals surface area contributed by atoms with Crippen LogP contribution in [0.3, 0.4) is 0 Å². The van der Waals surface area contributed by atoms with E-state index in [1.165, 1.54) is 0 Å². The van der Waals surface area contributed by atoms with Gasteiger partial charge in [-0.25, -0.2) is 9.67 Å².